The third kappa shape index (κ3) is 12.2. The van der Waals surface area contributed by atoms with E-state index in [4.69, 9.17) is 26.0 Å². The number of rotatable bonds is 15. The summed E-state index contributed by atoms with van der Waals surface area (Å²) in [5, 5.41) is 29.8. The van der Waals surface area contributed by atoms with Crippen molar-refractivity contribution >= 4 is 51.1 Å². The van der Waals surface area contributed by atoms with Gasteiger partial charge in [0.15, 0.2) is 11.5 Å². The maximum absolute atomic E-state index is 12.6. The molecule has 6 aromatic heterocycles. The van der Waals surface area contributed by atoms with Gasteiger partial charge in [0, 0.05) is 38.0 Å². The highest BCUT2D eigenvalue weighted by atomic mass is 32.2. The van der Waals surface area contributed by atoms with Gasteiger partial charge in [-0.15, -0.1) is 10.2 Å². The zero-order chi connectivity index (χ0) is 51.0. The van der Waals surface area contributed by atoms with Crippen LogP contribution in [0.5, 0.6) is 0 Å². The van der Waals surface area contributed by atoms with Crippen molar-refractivity contribution in [2.45, 2.75) is 56.8 Å². The SMILES string of the molecule is CN(C(=O)c1ccc(CCN)cc1)C(C)(C)CO.CN(C(=O)c1ccc(CCNc2nc(N)n3nc(-c4ccco4)nc3n2)cc1)C(C)(C)CO.CS(=O)(=O)c1nc(N)n2nc(-c3ccco3)nc2n1. The Morgan fingerprint density at radius 1 is 0.671 bits per heavy atom. The van der Waals surface area contributed by atoms with Gasteiger partial charge in [0.2, 0.25) is 39.3 Å². The normalized spacial score (nSPS) is 11.7. The first-order valence-electron chi connectivity index (χ1n) is 21.6. The highest BCUT2D eigenvalue weighted by Gasteiger charge is 2.29. The van der Waals surface area contributed by atoms with E-state index in [1.54, 1.807) is 78.7 Å². The number of amides is 2. The lowest BCUT2D eigenvalue weighted by molar-refractivity contribution is 0.0468. The summed E-state index contributed by atoms with van der Waals surface area (Å²) in [6.45, 7) is 8.26. The number of likely N-dealkylation sites (N-methyl/N-ethyl adjacent to an activating group) is 2. The molecule has 24 nitrogen and oxygen atoms in total. The monoisotopic (exact) mass is 980 g/mol. The molecule has 0 radical (unpaired) electrons. The van der Waals surface area contributed by atoms with Crippen LogP contribution < -0.4 is 22.5 Å². The van der Waals surface area contributed by atoms with Gasteiger partial charge in [0.1, 0.15) is 0 Å². The smallest absolute Gasteiger partial charge is 0.259 e. The van der Waals surface area contributed by atoms with E-state index >= 15 is 0 Å². The molecule has 2 aromatic carbocycles. The van der Waals surface area contributed by atoms with Crippen molar-refractivity contribution in [1.29, 1.82) is 0 Å². The summed E-state index contributed by atoms with van der Waals surface area (Å²) in [4.78, 5) is 52.4. The van der Waals surface area contributed by atoms with Crippen molar-refractivity contribution < 1.29 is 37.1 Å². The first-order chi connectivity index (χ1) is 33.1. The average Bonchev–Trinajstić information content (AvgIpc) is 4.19. The summed E-state index contributed by atoms with van der Waals surface area (Å²) in [5.74, 6) is 2.07. The number of hydrogen-bond donors (Lipinski definition) is 6. The molecule has 6 heterocycles. The predicted molar refractivity (Wildman–Crippen MR) is 259 cm³/mol. The lowest BCUT2D eigenvalue weighted by atomic mass is 10.0. The second-order valence-electron chi connectivity index (χ2n) is 17.1. The summed E-state index contributed by atoms with van der Waals surface area (Å²) < 4.78 is 35.8. The van der Waals surface area contributed by atoms with E-state index in [-0.39, 0.29) is 48.5 Å². The molecule has 0 saturated carbocycles. The fourth-order valence-corrected chi connectivity index (χ4v) is 6.63. The molecule has 9 N–H and O–H groups in total. The van der Waals surface area contributed by atoms with Crippen LogP contribution in [0, 0.1) is 0 Å². The Labute approximate surface area is 402 Å². The van der Waals surface area contributed by atoms with Gasteiger partial charge in [-0.05, 0) is 107 Å². The number of anilines is 3. The Kier molecular flexibility index (Phi) is 15.9. The number of sulfone groups is 1. The Morgan fingerprint density at radius 2 is 1.11 bits per heavy atom. The highest BCUT2D eigenvalue weighted by molar-refractivity contribution is 7.90. The van der Waals surface area contributed by atoms with E-state index in [0.29, 0.717) is 59.7 Å². The highest BCUT2D eigenvalue weighted by Crippen LogP contribution is 2.21. The van der Waals surface area contributed by atoms with E-state index in [1.807, 2.05) is 52.0 Å². The van der Waals surface area contributed by atoms with Gasteiger partial charge in [-0.1, -0.05) is 24.3 Å². The Morgan fingerprint density at radius 3 is 1.53 bits per heavy atom. The second-order valence-corrected chi connectivity index (χ2v) is 19.0. The molecule has 25 heteroatoms. The lowest BCUT2D eigenvalue weighted by Gasteiger charge is -2.34. The quantitative estimate of drug-likeness (QED) is 0.0860. The summed E-state index contributed by atoms with van der Waals surface area (Å²) >= 11 is 0. The molecular weight excluding hydrogens is 925 g/mol. The third-order valence-electron chi connectivity index (χ3n) is 11.0. The molecule has 8 rings (SSSR count). The fourth-order valence-electron chi connectivity index (χ4n) is 6.12. The van der Waals surface area contributed by atoms with Crippen molar-refractivity contribution in [3.63, 3.8) is 0 Å². The summed E-state index contributed by atoms with van der Waals surface area (Å²) in [7, 11) is -0.181. The number of furan rings is 2. The Hall–Kier alpha value is -7.87. The molecule has 0 aliphatic rings. The molecule has 0 aliphatic heterocycles. The Bertz CT molecular complexity index is 3140. The van der Waals surface area contributed by atoms with E-state index in [0.717, 1.165) is 28.3 Å². The standard InChI is InChI=1S/C22H26N8O3.C14H22N2O2.C9H8N6O3S/c1-22(2,13-31)29(3)18(32)15-8-6-14(7-9-15)10-11-24-20-26-19(23)30-21(27-20)25-17(28-30)16-5-4-12-33-16;1-14(2,10-17)16(3)13(18)12-6-4-11(5-7-12)8-9-15;1-19(16,17)9-12-7(10)15-8(13-9)11-6(14-15)5-3-2-4-18-5/h4-9,12,31H,10-11,13H2,1-3H3,(H3,23,24,25,26,27,28);4-7,17H,8-10,15H2,1-3H3;2-4H,1H3,(H2,10,11,12,13,14). The number of aliphatic hydroxyl groups is 2. The van der Waals surface area contributed by atoms with Gasteiger partial charge in [-0.3, -0.25) is 9.59 Å². The molecular formula is C45H56N16O8S. The molecule has 0 atom stereocenters. The number of nitrogens with zero attached hydrogens (tertiary/aromatic N) is 12. The molecule has 0 unspecified atom stereocenters. The molecule has 0 spiro atoms. The van der Waals surface area contributed by atoms with Crippen LogP contribution in [-0.2, 0) is 22.7 Å². The van der Waals surface area contributed by atoms with Gasteiger partial charge >= 0.3 is 0 Å². The van der Waals surface area contributed by atoms with Gasteiger partial charge < -0.3 is 51.4 Å². The first kappa shape index (κ1) is 51.5. The van der Waals surface area contributed by atoms with Gasteiger partial charge in [-0.2, -0.15) is 38.9 Å². The molecule has 0 aliphatic carbocycles. The van der Waals surface area contributed by atoms with E-state index < -0.39 is 26.1 Å². The maximum atomic E-state index is 12.6. The minimum atomic E-state index is -3.57. The molecule has 0 bridgehead atoms. The molecule has 8 aromatic rings. The second kappa shape index (κ2) is 21.6. The summed E-state index contributed by atoms with van der Waals surface area (Å²) in [5.41, 5.74) is 19.3. The fraction of sp³-hybridized carbons (Fsp3) is 0.333. The van der Waals surface area contributed by atoms with Crippen LogP contribution in [0.2, 0.25) is 0 Å². The largest absolute Gasteiger partial charge is 0.461 e. The summed E-state index contributed by atoms with van der Waals surface area (Å²) in [6.07, 6.45) is 5.50. The van der Waals surface area contributed by atoms with Crippen molar-refractivity contribution in [2.24, 2.45) is 5.73 Å². The van der Waals surface area contributed by atoms with E-state index in [2.05, 4.69) is 45.4 Å². The molecule has 2 amide bonds. The number of aliphatic hydroxyl groups excluding tert-OH is 2. The number of benzene rings is 2. The average molecular weight is 981 g/mol. The number of nitrogens with two attached hydrogens (primary N) is 3. The predicted octanol–water partition coefficient (Wildman–Crippen LogP) is 2.65. The molecule has 70 heavy (non-hydrogen) atoms. The minimum Gasteiger partial charge on any atom is -0.461 e. The van der Waals surface area contributed by atoms with Crippen LogP contribution in [0.15, 0.2) is 99.3 Å². The van der Waals surface area contributed by atoms with E-state index in [9.17, 15) is 28.2 Å². The van der Waals surface area contributed by atoms with Crippen LogP contribution in [0.3, 0.4) is 0 Å². The Balaban J connectivity index is 0.000000185. The van der Waals surface area contributed by atoms with Crippen molar-refractivity contribution in [2.75, 3.05) is 63.4 Å². The number of fused-ring (bicyclic) bond motifs is 2. The topological polar surface area (TPSA) is 344 Å². The first-order valence-corrected chi connectivity index (χ1v) is 23.5. The van der Waals surface area contributed by atoms with Crippen molar-refractivity contribution in [3.05, 3.63) is 108 Å². The number of aromatic nitrogens is 10. The van der Waals surface area contributed by atoms with Crippen LogP contribution in [0.1, 0.15) is 59.5 Å². The van der Waals surface area contributed by atoms with Crippen LogP contribution >= 0.6 is 0 Å². The summed E-state index contributed by atoms with van der Waals surface area (Å²) in [6, 6.07) is 21.7. The van der Waals surface area contributed by atoms with Crippen LogP contribution in [0.4, 0.5) is 17.8 Å². The third-order valence-corrected chi connectivity index (χ3v) is 11.8. The zero-order valence-electron chi connectivity index (χ0n) is 39.7. The van der Waals surface area contributed by atoms with E-state index in [1.165, 1.54) is 10.8 Å². The number of carbonyl (C=O) groups is 2. The minimum absolute atomic E-state index is 0.0410. The number of nitrogens with one attached hydrogen (secondary N) is 1. The molecule has 0 fully saturated rings. The number of hydrogen-bond acceptors (Lipinski definition) is 20. The van der Waals surface area contributed by atoms with Gasteiger partial charge in [0.25, 0.3) is 28.5 Å². The zero-order valence-corrected chi connectivity index (χ0v) is 40.5. The molecule has 370 valence electrons. The van der Waals surface area contributed by atoms with Crippen LogP contribution in [0.25, 0.3) is 34.7 Å². The van der Waals surface area contributed by atoms with Gasteiger partial charge in [-0.25, -0.2) is 8.42 Å². The van der Waals surface area contributed by atoms with Gasteiger partial charge in [0.05, 0.1) is 36.8 Å². The number of carbonyl (C=O) groups excluding carboxylic acids is 2. The van der Waals surface area contributed by atoms with Crippen molar-refractivity contribution in [1.82, 2.24) is 58.9 Å². The molecule has 0 saturated heterocycles. The van der Waals surface area contributed by atoms with Crippen LogP contribution in [-0.4, -0.2) is 147 Å². The maximum Gasteiger partial charge on any atom is 0.259 e. The van der Waals surface area contributed by atoms with Crippen molar-refractivity contribution in [3.8, 4) is 23.2 Å². The lowest BCUT2D eigenvalue weighted by Crippen LogP contribution is -2.47. The number of nitrogen functional groups attached to an aromatic ring is 2.